The van der Waals surface area contributed by atoms with E-state index in [0.29, 0.717) is 19.3 Å². The van der Waals surface area contributed by atoms with Crippen molar-refractivity contribution in [2.24, 2.45) is 0 Å². The second-order valence-electron chi connectivity index (χ2n) is 12.3. The Bertz CT molecular complexity index is 687. The van der Waals surface area contributed by atoms with Crippen LogP contribution < -0.4 is 5.32 Å². The standard InChI is InChI=1S/C33H67NO6S/c1-3-5-7-9-10-11-12-13-14-15-16-17-18-19-20-21-22-24-26-28-32(36)33(37)34-30(29-41(38,39)40)31(35)27-25-23-8-6-4-2/h30-32,35-36H,3-29H2,1-2H3,(H,34,37)(H,38,39,40). The monoisotopic (exact) mass is 605 g/mol. The summed E-state index contributed by atoms with van der Waals surface area (Å²) >= 11 is 0. The van der Waals surface area contributed by atoms with Gasteiger partial charge in [0.1, 0.15) is 6.10 Å². The van der Waals surface area contributed by atoms with Gasteiger partial charge in [0.15, 0.2) is 0 Å². The lowest BCUT2D eigenvalue weighted by molar-refractivity contribution is -0.131. The molecular weight excluding hydrogens is 538 g/mol. The van der Waals surface area contributed by atoms with Crippen molar-refractivity contribution < 1.29 is 28.0 Å². The van der Waals surface area contributed by atoms with E-state index < -0.39 is 40.0 Å². The highest BCUT2D eigenvalue weighted by Gasteiger charge is 2.28. The molecule has 0 aromatic carbocycles. The van der Waals surface area contributed by atoms with Crippen LogP contribution in [-0.4, -0.2) is 53.1 Å². The fourth-order valence-electron chi connectivity index (χ4n) is 5.46. The molecule has 1 amide bonds. The van der Waals surface area contributed by atoms with E-state index in [0.717, 1.165) is 44.9 Å². The number of aliphatic hydroxyl groups excluding tert-OH is 2. The van der Waals surface area contributed by atoms with E-state index in [-0.39, 0.29) is 0 Å². The van der Waals surface area contributed by atoms with Crippen LogP contribution in [0, 0.1) is 0 Å². The Balaban J connectivity index is 3.82. The summed E-state index contributed by atoms with van der Waals surface area (Å²) in [6.07, 6.45) is 27.5. The largest absolute Gasteiger partial charge is 0.391 e. The van der Waals surface area contributed by atoms with E-state index in [1.807, 2.05) is 0 Å². The van der Waals surface area contributed by atoms with Crippen molar-refractivity contribution in [3.05, 3.63) is 0 Å². The third kappa shape index (κ3) is 27.9. The van der Waals surface area contributed by atoms with Crippen molar-refractivity contribution in [3.63, 3.8) is 0 Å². The van der Waals surface area contributed by atoms with Crippen molar-refractivity contribution in [2.75, 3.05) is 5.75 Å². The van der Waals surface area contributed by atoms with Crippen LogP contribution in [0.1, 0.15) is 181 Å². The fraction of sp³-hybridized carbons (Fsp3) is 0.970. The number of hydrogen-bond donors (Lipinski definition) is 4. The molecule has 0 aromatic rings. The van der Waals surface area contributed by atoms with Gasteiger partial charge in [-0.2, -0.15) is 8.42 Å². The average Bonchev–Trinajstić information content (AvgIpc) is 2.92. The number of amides is 1. The topological polar surface area (TPSA) is 124 Å². The van der Waals surface area contributed by atoms with Gasteiger partial charge in [-0.3, -0.25) is 9.35 Å². The first-order valence-corrected chi connectivity index (χ1v) is 18.9. The maximum absolute atomic E-state index is 12.4. The summed E-state index contributed by atoms with van der Waals surface area (Å²) in [5.41, 5.74) is 0. The van der Waals surface area contributed by atoms with Crippen LogP contribution in [-0.2, 0) is 14.9 Å². The molecule has 0 aliphatic heterocycles. The average molecular weight is 606 g/mol. The Hall–Kier alpha value is -0.700. The zero-order valence-corrected chi connectivity index (χ0v) is 27.6. The summed E-state index contributed by atoms with van der Waals surface area (Å²) in [6, 6.07) is -1.14. The molecule has 246 valence electrons. The summed E-state index contributed by atoms with van der Waals surface area (Å²) in [6.45, 7) is 4.38. The molecule has 0 spiro atoms. The highest BCUT2D eigenvalue weighted by Crippen LogP contribution is 2.16. The van der Waals surface area contributed by atoms with Crippen LogP contribution in [0.2, 0.25) is 0 Å². The molecule has 0 aliphatic rings. The smallest absolute Gasteiger partial charge is 0.266 e. The summed E-state index contributed by atoms with van der Waals surface area (Å²) in [4.78, 5) is 12.4. The third-order valence-corrected chi connectivity index (χ3v) is 8.95. The van der Waals surface area contributed by atoms with Crippen LogP contribution in [0.3, 0.4) is 0 Å². The van der Waals surface area contributed by atoms with Crippen molar-refractivity contribution in [1.29, 1.82) is 0 Å². The van der Waals surface area contributed by atoms with Crippen LogP contribution in [0.15, 0.2) is 0 Å². The Morgan fingerprint density at radius 1 is 0.561 bits per heavy atom. The Labute approximate surface area is 253 Å². The first kappa shape index (κ1) is 40.3. The molecule has 7 nitrogen and oxygen atoms in total. The van der Waals surface area contributed by atoms with Crippen molar-refractivity contribution in [2.45, 2.75) is 199 Å². The van der Waals surface area contributed by atoms with Gasteiger partial charge in [0.2, 0.25) is 5.91 Å². The molecule has 3 atom stereocenters. The van der Waals surface area contributed by atoms with Crippen LogP contribution in [0.5, 0.6) is 0 Å². The SMILES string of the molecule is CCCCCCCCCCCCCCCCCCCCCC(O)C(=O)NC(CS(=O)(=O)O)C(O)CCCCCCC. The number of nitrogens with one attached hydrogen (secondary N) is 1. The van der Waals surface area contributed by atoms with Gasteiger partial charge in [0.25, 0.3) is 10.1 Å². The number of rotatable bonds is 31. The van der Waals surface area contributed by atoms with E-state index in [4.69, 9.17) is 0 Å². The molecule has 0 radical (unpaired) electrons. The van der Waals surface area contributed by atoms with Crippen molar-refractivity contribution in [1.82, 2.24) is 5.32 Å². The molecule has 0 bridgehead atoms. The minimum Gasteiger partial charge on any atom is -0.391 e. The summed E-state index contributed by atoms with van der Waals surface area (Å²) < 4.78 is 32.1. The molecule has 0 aromatic heterocycles. The van der Waals surface area contributed by atoms with E-state index in [1.165, 1.54) is 103 Å². The highest BCUT2D eigenvalue weighted by atomic mass is 32.2. The number of unbranched alkanes of at least 4 members (excludes halogenated alkanes) is 22. The van der Waals surface area contributed by atoms with Gasteiger partial charge in [-0.1, -0.05) is 168 Å². The zero-order valence-electron chi connectivity index (χ0n) is 26.8. The molecule has 8 heteroatoms. The number of aliphatic hydroxyl groups is 2. The Morgan fingerprint density at radius 3 is 1.22 bits per heavy atom. The molecular formula is C33H67NO6S. The first-order valence-electron chi connectivity index (χ1n) is 17.3. The van der Waals surface area contributed by atoms with E-state index >= 15 is 0 Å². The summed E-state index contributed by atoms with van der Waals surface area (Å²) in [7, 11) is -4.38. The summed E-state index contributed by atoms with van der Waals surface area (Å²) in [5, 5.41) is 23.1. The van der Waals surface area contributed by atoms with Crippen LogP contribution >= 0.6 is 0 Å². The maximum Gasteiger partial charge on any atom is 0.266 e. The lowest BCUT2D eigenvalue weighted by atomic mass is 10.0. The highest BCUT2D eigenvalue weighted by molar-refractivity contribution is 7.85. The molecule has 0 saturated heterocycles. The Morgan fingerprint density at radius 2 is 0.878 bits per heavy atom. The maximum atomic E-state index is 12.4. The van der Waals surface area contributed by atoms with Crippen LogP contribution in [0.4, 0.5) is 0 Å². The molecule has 4 N–H and O–H groups in total. The van der Waals surface area contributed by atoms with Gasteiger partial charge >= 0.3 is 0 Å². The third-order valence-electron chi connectivity index (χ3n) is 8.17. The summed E-state index contributed by atoms with van der Waals surface area (Å²) in [5.74, 6) is -1.45. The van der Waals surface area contributed by atoms with Gasteiger partial charge < -0.3 is 15.5 Å². The van der Waals surface area contributed by atoms with Gasteiger partial charge in [-0.05, 0) is 12.8 Å². The van der Waals surface area contributed by atoms with Crippen molar-refractivity contribution in [3.8, 4) is 0 Å². The lowest BCUT2D eigenvalue weighted by Gasteiger charge is -2.24. The molecule has 0 fully saturated rings. The van der Waals surface area contributed by atoms with Crippen molar-refractivity contribution >= 4 is 16.0 Å². The minimum atomic E-state index is -4.38. The lowest BCUT2D eigenvalue weighted by Crippen LogP contribution is -2.50. The van der Waals surface area contributed by atoms with Crippen LogP contribution in [0.25, 0.3) is 0 Å². The number of hydrogen-bond acceptors (Lipinski definition) is 5. The molecule has 0 rings (SSSR count). The number of carbonyl (C=O) groups excluding carboxylic acids is 1. The van der Waals surface area contributed by atoms with E-state index in [9.17, 15) is 28.0 Å². The molecule has 41 heavy (non-hydrogen) atoms. The van der Waals surface area contributed by atoms with Gasteiger partial charge in [0, 0.05) is 0 Å². The van der Waals surface area contributed by atoms with E-state index in [2.05, 4.69) is 19.2 Å². The quantitative estimate of drug-likeness (QED) is 0.0466. The van der Waals surface area contributed by atoms with Gasteiger partial charge in [0.05, 0.1) is 17.9 Å². The zero-order chi connectivity index (χ0) is 30.6. The van der Waals surface area contributed by atoms with Gasteiger partial charge in [-0.25, -0.2) is 0 Å². The predicted molar refractivity (Wildman–Crippen MR) is 172 cm³/mol. The van der Waals surface area contributed by atoms with E-state index in [1.54, 1.807) is 0 Å². The molecule has 3 unspecified atom stereocenters. The number of carbonyl (C=O) groups is 1. The fourth-order valence-corrected chi connectivity index (χ4v) is 6.22. The normalized spacial score (nSPS) is 14.2. The Kier molecular flexibility index (Phi) is 27.6. The molecule has 0 heterocycles. The molecule has 0 aliphatic carbocycles. The second-order valence-corrected chi connectivity index (χ2v) is 13.8. The molecule has 0 saturated carbocycles. The minimum absolute atomic E-state index is 0.302. The second kappa shape index (κ2) is 28.1. The predicted octanol–water partition coefficient (Wildman–Crippen LogP) is 8.26. The first-order chi connectivity index (χ1) is 19.7. The van der Waals surface area contributed by atoms with Gasteiger partial charge in [-0.15, -0.1) is 0 Å².